The van der Waals surface area contributed by atoms with Gasteiger partial charge in [0.15, 0.2) is 0 Å². The molecule has 1 saturated carbocycles. The van der Waals surface area contributed by atoms with Crippen LogP contribution < -0.4 is 0 Å². The van der Waals surface area contributed by atoms with Gasteiger partial charge in [-0.05, 0) is 43.9 Å². The molecule has 0 aromatic heterocycles. The lowest BCUT2D eigenvalue weighted by atomic mass is 9.77. The van der Waals surface area contributed by atoms with Crippen LogP contribution in [0.5, 0.6) is 0 Å². The third-order valence-electron chi connectivity index (χ3n) is 5.19. The van der Waals surface area contributed by atoms with E-state index in [1.165, 1.54) is 75.4 Å². The van der Waals surface area contributed by atoms with Gasteiger partial charge in [0.1, 0.15) is 0 Å². The number of hydrogen-bond donors (Lipinski definition) is 0. The lowest BCUT2D eigenvalue weighted by Crippen LogP contribution is -2.15. The van der Waals surface area contributed by atoms with E-state index in [0.29, 0.717) is 0 Å². The smallest absolute Gasteiger partial charge is 0.0285 e. The SMILES string of the molecule is C=CC(=C)CCCCC1CCCC(CCCCC(=C)C=C)C1. The van der Waals surface area contributed by atoms with Crippen LogP contribution in [0.2, 0.25) is 0 Å². The summed E-state index contributed by atoms with van der Waals surface area (Å²) < 4.78 is 0. The summed E-state index contributed by atoms with van der Waals surface area (Å²) in [5, 5.41) is 0. The molecule has 1 fully saturated rings. The van der Waals surface area contributed by atoms with E-state index < -0.39 is 0 Å². The van der Waals surface area contributed by atoms with Crippen LogP contribution in [0.1, 0.15) is 77.0 Å². The fourth-order valence-corrected chi connectivity index (χ4v) is 3.70. The van der Waals surface area contributed by atoms with E-state index in [9.17, 15) is 0 Å². The molecule has 124 valence electrons. The van der Waals surface area contributed by atoms with E-state index in [4.69, 9.17) is 0 Å². The molecule has 0 saturated heterocycles. The van der Waals surface area contributed by atoms with Crippen molar-refractivity contribution in [2.75, 3.05) is 0 Å². The van der Waals surface area contributed by atoms with Crippen LogP contribution in [0, 0.1) is 11.8 Å². The van der Waals surface area contributed by atoms with E-state index in [2.05, 4.69) is 26.3 Å². The molecule has 2 atom stereocenters. The van der Waals surface area contributed by atoms with Gasteiger partial charge in [0.2, 0.25) is 0 Å². The van der Waals surface area contributed by atoms with Crippen molar-refractivity contribution in [2.24, 2.45) is 11.8 Å². The first-order valence-corrected chi connectivity index (χ1v) is 9.26. The van der Waals surface area contributed by atoms with E-state index in [1.54, 1.807) is 0 Å². The topological polar surface area (TPSA) is 0 Å². The Kier molecular flexibility index (Phi) is 9.95. The quantitative estimate of drug-likeness (QED) is 0.260. The zero-order valence-electron chi connectivity index (χ0n) is 14.6. The fraction of sp³-hybridized carbons (Fsp3) is 0.636. The molecule has 0 nitrogen and oxygen atoms in total. The first kappa shape index (κ1) is 19.0. The molecule has 0 aliphatic heterocycles. The summed E-state index contributed by atoms with van der Waals surface area (Å²) in [6, 6.07) is 0. The largest absolute Gasteiger partial charge is 0.0988 e. The summed E-state index contributed by atoms with van der Waals surface area (Å²) in [5.74, 6) is 1.97. The minimum Gasteiger partial charge on any atom is -0.0988 e. The molecule has 0 heteroatoms. The van der Waals surface area contributed by atoms with E-state index in [0.717, 1.165) is 24.7 Å². The lowest BCUT2D eigenvalue weighted by Gasteiger charge is -2.29. The molecule has 1 rings (SSSR count). The van der Waals surface area contributed by atoms with Crippen LogP contribution in [0.15, 0.2) is 49.6 Å². The Morgan fingerprint density at radius 1 is 0.773 bits per heavy atom. The first-order chi connectivity index (χ1) is 10.7. The van der Waals surface area contributed by atoms with Crippen molar-refractivity contribution >= 4 is 0 Å². The molecular formula is C22H36. The van der Waals surface area contributed by atoms with Gasteiger partial charge in [0.25, 0.3) is 0 Å². The van der Waals surface area contributed by atoms with E-state index >= 15 is 0 Å². The Balaban J connectivity index is 2.10. The summed E-state index contributed by atoms with van der Waals surface area (Å²) in [7, 11) is 0. The highest BCUT2D eigenvalue weighted by Crippen LogP contribution is 2.35. The molecule has 1 aliphatic rings. The maximum atomic E-state index is 4.00. The molecule has 0 heterocycles. The Morgan fingerprint density at radius 2 is 1.23 bits per heavy atom. The molecule has 0 radical (unpaired) electrons. The fourth-order valence-electron chi connectivity index (χ4n) is 3.70. The molecular weight excluding hydrogens is 264 g/mol. The third-order valence-corrected chi connectivity index (χ3v) is 5.19. The minimum atomic E-state index is 0.985. The number of allylic oxidation sites excluding steroid dienone is 4. The van der Waals surface area contributed by atoms with Gasteiger partial charge in [0.05, 0.1) is 0 Å². The molecule has 22 heavy (non-hydrogen) atoms. The van der Waals surface area contributed by atoms with Gasteiger partial charge in [0, 0.05) is 0 Å². The summed E-state index contributed by atoms with van der Waals surface area (Å²) >= 11 is 0. The molecule has 0 N–H and O–H groups in total. The second-order valence-corrected chi connectivity index (χ2v) is 7.11. The molecule has 0 amide bonds. The van der Waals surface area contributed by atoms with Crippen molar-refractivity contribution in [3.05, 3.63) is 49.6 Å². The van der Waals surface area contributed by atoms with E-state index in [-0.39, 0.29) is 0 Å². The van der Waals surface area contributed by atoms with Crippen molar-refractivity contribution in [1.82, 2.24) is 0 Å². The molecule has 0 aromatic carbocycles. The summed E-state index contributed by atoms with van der Waals surface area (Å²) in [6.07, 6.45) is 20.1. The number of rotatable bonds is 12. The van der Waals surface area contributed by atoms with Gasteiger partial charge in [-0.1, -0.05) is 94.6 Å². The number of hydrogen-bond acceptors (Lipinski definition) is 0. The summed E-state index contributed by atoms with van der Waals surface area (Å²) in [5.41, 5.74) is 2.39. The average Bonchev–Trinajstić information content (AvgIpc) is 2.55. The molecule has 0 spiro atoms. The van der Waals surface area contributed by atoms with Crippen LogP contribution in [-0.2, 0) is 0 Å². The van der Waals surface area contributed by atoms with Gasteiger partial charge in [-0.25, -0.2) is 0 Å². The van der Waals surface area contributed by atoms with E-state index in [1.807, 2.05) is 12.2 Å². The van der Waals surface area contributed by atoms with Crippen LogP contribution in [0.25, 0.3) is 0 Å². The zero-order chi connectivity index (χ0) is 16.2. The lowest BCUT2D eigenvalue weighted by molar-refractivity contribution is 0.236. The van der Waals surface area contributed by atoms with Gasteiger partial charge < -0.3 is 0 Å². The summed E-state index contributed by atoms with van der Waals surface area (Å²) in [4.78, 5) is 0. The zero-order valence-corrected chi connectivity index (χ0v) is 14.6. The van der Waals surface area contributed by atoms with Crippen LogP contribution in [-0.4, -0.2) is 0 Å². The normalized spacial score (nSPS) is 21.3. The minimum absolute atomic E-state index is 0.985. The highest BCUT2D eigenvalue weighted by molar-refractivity contribution is 5.10. The Hall–Kier alpha value is -1.04. The van der Waals surface area contributed by atoms with Crippen LogP contribution >= 0.6 is 0 Å². The predicted molar refractivity (Wildman–Crippen MR) is 101 cm³/mol. The van der Waals surface area contributed by atoms with Crippen molar-refractivity contribution in [1.29, 1.82) is 0 Å². The second kappa shape index (κ2) is 11.5. The third kappa shape index (κ3) is 8.41. The standard InChI is InChI=1S/C22H36/c1-5-19(3)12-7-9-14-21-16-11-17-22(18-21)15-10-8-13-20(4)6-2/h5-6,21-22H,1-4,7-18H2. The number of unbranched alkanes of at least 4 members (excludes halogenated alkanes) is 2. The molecule has 0 aromatic rings. The van der Waals surface area contributed by atoms with Crippen molar-refractivity contribution in [3.63, 3.8) is 0 Å². The highest BCUT2D eigenvalue weighted by atomic mass is 14.3. The van der Waals surface area contributed by atoms with Crippen molar-refractivity contribution in [3.8, 4) is 0 Å². The summed E-state index contributed by atoms with van der Waals surface area (Å²) in [6.45, 7) is 15.6. The van der Waals surface area contributed by atoms with Crippen LogP contribution in [0.4, 0.5) is 0 Å². The molecule has 1 aliphatic carbocycles. The predicted octanol–water partition coefficient (Wildman–Crippen LogP) is 7.40. The Labute approximate surface area is 139 Å². The monoisotopic (exact) mass is 300 g/mol. The second-order valence-electron chi connectivity index (χ2n) is 7.11. The Morgan fingerprint density at radius 3 is 1.64 bits per heavy atom. The highest BCUT2D eigenvalue weighted by Gasteiger charge is 2.21. The molecule has 2 unspecified atom stereocenters. The van der Waals surface area contributed by atoms with Crippen LogP contribution in [0.3, 0.4) is 0 Å². The maximum Gasteiger partial charge on any atom is -0.0285 e. The molecule has 0 bridgehead atoms. The van der Waals surface area contributed by atoms with Crippen molar-refractivity contribution < 1.29 is 0 Å². The van der Waals surface area contributed by atoms with Crippen molar-refractivity contribution in [2.45, 2.75) is 77.0 Å². The Bertz CT molecular complexity index is 326. The van der Waals surface area contributed by atoms with Gasteiger partial charge in [-0.2, -0.15) is 0 Å². The first-order valence-electron chi connectivity index (χ1n) is 9.26. The maximum absolute atomic E-state index is 4.00. The van der Waals surface area contributed by atoms with Gasteiger partial charge in [-0.15, -0.1) is 0 Å². The van der Waals surface area contributed by atoms with Gasteiger partial charge >= 0.3 is 0 Å². The van der Waals surface area contributed by atoms with Gasteiger partial charge in [-0.3, -0.25) is 0 Å². The average molecular weight is 301 g/mol.